The van der Waals surface area contributed by atoms with Crippen molar-refractivity contribution in [2.45, 2.75) is 6.92 Å². The second-order valence-corrected chi connectivity index (χ2v) is 5.85. The number of hydrogen-bond acceptors (Lipinski definition) is 8. The Morgan fingerprint density at radius 3 is 2.50 bits per heavy atom. The van der Waals surface area contributed by atoms with Gasteiger partial charge in [0.2, 0.25) is 0 Å². The maximum absolute atomic E-state index is 10.9. The standard InChI is InChI=1S/C17H18N4O6S/c1-9(11-7-13(21(24)25)15(23)8-14(11)22)19-20-17(28)18-12-6-10(26-2)4-5-16(12)27-3/h4-8,22-23H,1-3H3,(H2,18,20,28)/b19-9-. The van der Waals surface area contributed by atoms with Gasteiger partial charge >= 0.3 is 5.69 Å². The first-order chi connectivity index (χ1) is 13.3. The number of aromatic hydroxyl groups is 2. The average Bonchev–Trinajstić information content (AvgIpc) is 2.65. The number of nitro benzene ring substituents is 1. The molecule has 148 valence electrons. The number of nitrogens with one attached hydrogen (secondary N) is 2. The van der Waals surface area contributed by atoms with Gasteiger partial charge in [0.15, 0.2) is 10.9 Å². The zero-order chi connectivity index (χ0) is 20.8. The van der Waals surface area contributed by atoms with Crippen LogP contribution in [0.1, 0.15) is 12.5 Å². The van der Waals surface area contributed by atoms with Gasteiger partial charge in [-0.15, -0.1) is 0 Å². The number of thiocarbonyl (C=S) groups is 1. The molecule has 0 radical (unpaired) electrons. The van der Waals surface area contributed by atoms with Crippen molar-refractivity contribution in [1.82, 2.24) is 5.43 Å². The molecular formula is C17H18N4O6S. The lowest BCUT2D eigenvalue weighted by molar-refractivity contribution is -0.385. The predicted molar refractivity (Wildman–Crippen MR) is 108 cm³/mol. The molecule has 2 aromatic rings. The van der Waals surface area contributed by atoms with Crippen LogP contribution in [0, 0.1) is 10.1 Å². The van der Waals surface area contributed by atoms with Crippen LogP contribution in [0.3, 0.4) is 0 Å². The molecule has 0 amide bonds. The van der Waals surface area contributed by atoms with Gasteiger partial charge in [0.05, 0.1) is 30.5 Å². The smallest absolute Gasteiger partial charge is 0.311 e. The maximum atomic E-state index is 10.9. The lowest BCUT2D eigenvalue weighted by atomic mass is 10.1. The molecule has 0 aliphatic carbocycles. The Kier molecular flexibility index (Phi) is 6.55. The van der Waals surface area contributed by atoms with Crippen molar-refractivity contribution in [3.8, 4) is 23.0 Å². The summed E-state index contributed by atoms with van der Waals surface area (Å²) in [6, 6.07) is 7.00. The van der Waals surface area contributed by atoms with Crippen LogP contribution in [0.4, 0.5) is 11.4 Å². The van der Waals surface area contributed by atoms with Crippen LogP contribution in [0.2, 0.25) is 0 Å². The number of phenolic OH excluding ortho intramolecular Hbond substituents is 2. The Balaban J connectivity index is 2.19. The Labute approximate surface area is 165 Å². The molecule has 2 rings (SSSR count). The summed E-state index contributed by atoms with van der Waals surface area (Å²) in [5.41, 5.74) is 2.84. The van der Waals surface area contributed by atoms with Crippen LogP contribution in [0.25, 0.3) is 0 Å². The highest BCUT2D eigenvalue weighted by Gasteiger charge is 2.19. The van der Waals surface area contributed by atoms with Gasteiger partial charge in [0.1, 0.15) is 17.2 Å². The van der Waals surface area contributed by atoms with E-state index in [1.165, 1.54) is 21.1 Å². The van der Waals surface area contributed by atoms with Crippen LogP contribution in [-0.2, 0) is 0 Å². The molecule has 0 saturated heterocycles. The van der Waals surface area contributed by atoms with E-state index in [0.717, 1.165) is 12.1 Å². The van der Waals surface area contributed by atoms with E-state index in [0.29, 0.717) is 17.2 Å². The minimum absolute atomic E-state index is 0.0683. The second-order valence-electron chi connectivity index (χ2n) is 5.44. The fourth-order valence-corrected chi connectivity index (χ4v) is 2.41. The van der Waals surface area contributed by atoms with E-state index in [1.54, 1.807) is 18.2 Å². The number of hydrogen-bond donors (Lipinski definition) is 4. The van der Waals surface area contributed by atoms with E-state index in [2.05, 4.69) is 15.8 Å². The number of benzene rings is 2. The van der Waals surface area contributed by atoms with E-state index in [9.17, 15) is 20.3 Å². The number of nitro groups is 1. The summed E-state index contributed by atoms with van der Waals surface area (Å²) in [6.45, 7) is 1.51. The number of ether oxygens (including phenoxy) is 2. The fraction of sp³-hybridized carbons (Fsp3) is 0.176. The molecule has 0 aromatic heterocycles. The Bertz CT molecular complexity index is 947. The molecule has 0 saturated carbocycles. The van der Waals surface area contributed by atoms with Gasteiger partial charge < -0.3 is 25.0 Å². The summed E-state index contributed by atoms with van der Waals surface area (Å²) >= 11 is 5.18. The number of nitrogens with zero attached hydrogens (tertiary/aromatic N) is 2. The van der Waals surface area contributed by atoms with Crippen molar-refractivity contribution in [3.05, 3.63) is 46.0 Å². The molecule has 0 aliphatic rings. The van der Waals surface area contributed by atoms with Gasteiger partial charge in [-0.25, -0.2) is 0 Å². The topological polar surface area (TPSA) is 138 Å². The molecule has 0 fully saturated rings. The first kappa shape index (κ1) is 20.7. The minimum Gasteiger partial charge on any atom is -0.507 e. The number of hydrazone groups is 1. The van der Waals surface area contributed by atoms with E-state index < -0.39 is 16.4 Å². The van der Waals surface area contributed by atoms with Crippen LogP contribution < -0.4 is 20.2 Å². The summed E-state index contributed by atoms with van der Waals surface area (Å²) in [5.74, 6) is 0.110. The summed E-state index contributed by atoms with van der Waals surface area (Å²) < 4.78 is 10.4. The minimum atomic E-state index is -0.764. The molecular weight excluding hydrogens is 388 g/mol. The predicted octanol–water partition coefficient (Wildman–Crippen LogP) is 2.73. The summed E-state index contributed by atoms with van der Waals surface area (Å²) in [6.07, 6.45) is 0. The molecule has 0 heterocycles. The SMILES string of the molecule is COc1ccc(OC)c(NC(=S)N/N=C(/C)c2cc([N+](=O)[O-])c(O)cc2O)c1. The van der Waals surface area contributed by atoms with Crippen molar-refractivity contribution in [3.63, 3.8) is 0 Å². The van der Waals surface area contributed by atoms with Crippen LogP contribution in [0.15, 0.2) is 35.4 Å². The van der Waals surface area contributed by atoms with Crippen molar-refractivity contribution >= 4 is 34.4 Å². The number of methoxy groups -OCH3 is 2. The molecule has 2 aromatic carbocycles. The van der Waals surface area contributed by atoms with Crippen LogP contribution in [0.5, 0.6) is 23.0 Å². The first-order valence-electron chi connectivity index (χ1n) is 7.80. The van der Waals surface area contributed by atoms with E-state index in [4.69, 9.17) is 21.7 Å². The monoisotopic (exact) mass is 406 g/mol. The van der Waals surface area contributed by atoms with Crippen LogP contribution in [-0.4, -0.2) is 40.2 Å². The molecule has 0 atom stereocenters. The van der Waals surface area contributed by atoms with E-state index >= 15 is 0 Å². The fourth-order valence-electron chi connectivity index (χ4n) is 2.26. The Morgan fingerprint density at radius 2 is 1.89 bits per heavy atom. The van der Waals surface area contributed by atoms with Gasteiger partial charge in [-0.2, -0.15) is 5.10 Å². The summed E-state index contributed by atoms with van der Waals surface area (Å²) in [5, 5.41) is 37.4. The van der Waals surface area contributed by atoms with Crippen molar-refractivity contribution < 1.29 is 24.6 Å². The highest BCUT2D eigenvalue weighted by molar-refractivity contribution is 7.80. The van der Waals surface area contributed by atoms with Crippen molar-refractivity contribution in [2.24, 2.45) is 5.10 Å². The third-order valence-electron chi connectivity index (χ3n) is 3.66. The average molecular weight is 406 g/mol. The highest BCUT2D eigenvalue weighted by atomic mass is 32.1. The van der Waals surface area contributed by atoms with Gasteiger partial charge in [-0.3, -0.25) is 15.5 Å². The number of phenols is 2. The quantitative estimate of drug-likeness (QED) is 0.247. The third-order valence-corrected chi connectivity index (χ3v) is 3.85. The Morgan fingerprint density at radius 1 is 1.18 bits per heavy atom. The molecule has 0 aliphatic heterocycles. The number of anilines is 1. The maximum Gasteiger partial charge on any atom is 0.311 e. The molecule has 10 nitrogen and oxygen atoms in total. The van der Waals surface area contributed by atoms with Crippen molar-refractivity contribution in [1.29, 1.82) is 0 Å². The largest absolute Gasteiger partial charge is 0.507 e. The number of rotatable bonds is 6. The van der Waals surface area contributed by atoms with Gasteiger partial charge in [0, 0.05) is 23.8 Å². The molecule has 11 heteroatoms. The lowest BCUT2D eigenvalue weighted by Crippen LogP contribution is -2.25. The highest BCUT2D eigenvalue weighted by Crippen LogP contribution is 2.33. The first-order valence-corrected chi connectivity index (χ1v) is 8.21. The third kappa shape index (κ3) is 4.76. The molecule has 28 heavy (non-hydrogen) atoms. The zero-order valence-electron chi connectivity index (χ0n) is 15.2. The summed E-state index contributed by atoms with van der Waals surface area (Å²) in [7, 11) is 3.03. The molecule has 0 bridgehead atoms. The van der Waals surface area contributed by atoms with Gasteiger partial charge in [0.25, 0.3) is 0 Å². The second kappa shape index (κ2) is 8.86. The lowest BCUT2D eigenvalue weighted by Gasteiger charge is -2.13. The van der Waals surface area contributed by atoms with Crippen molar-refractivity contribution in [2.75, 3.05) is 19.5 Å². The molecule has 4 N–H and O–H groups in total. The molecule has 0 unspecified atom stereocenters. The van der Waals surface area contributed by atoms with Crippen LogP contribution >= 0.6 is 12.2 Å². The molecule has 0 spiro atoms. The zero-order valence-corrected chi connectivity index (χ0v) is 16.0. The summed E-state index contributed by atoms with van der Waals surface area (Å²) in [4.78, 5) is 10.2. The van der Waals surface area contributed by atoms with E-state index in [-0.39, 0.29) is 22.1 Å². The Hall–Kier alpha value is -3.60. The van der Waals surface area contributed by atoms with E-state index in [1.807, 2.05) is 0 Å². The normalized spacial score (nSPS) is 10.9. The van der Waals surface area contributed by atoms with Gasteiger partial charge in [-0.05, 0) is 31.3 Å². The van der Waals surface area contributed by atoms with Gasteiger partial charge in [-0.1, -0.05) is 0 Å².